The number of halogens is 2. The van der Waals surface area contributed by atoms with Crippen LogP contribution in [0.4, 0.5) is 4.39 Å². The Morgan fingerprint density at radius 1 is 1.42 bits per heavy atom. The van der Waals surface area contributed by atoms with Crippen LogP contribution < -0.4 is 0 Å². The van der Waals surface area contributed by atoms with E-state index in [2.05, 4.69) is 0 Å². The zero-order valence-electron chi connectivity index (χ0n) is 10.1. The third kappa shape index (κ3) is 2.96. The summed E-state index contributed by atoms with van der Waals surface area (Å²) in [6, 6.07) is 3.45. The van der Waals surface area contributed by atoms with Crippen LogP contribution in [0, 0.1) is 11.7 Å². The maximum atomic E-state index is 13.7. The van der Waals surface area contributed by atoms with Crippen LogP contribution in [-0.2, 0) is 14.8 Å². The number of carbonyl (C=O) groups is 1. The molecule has 0 spiro atoms. The third-order valence-corrected chi connectivity index (χ3v) is 5.26. The van der Waals surface area contributed by atoms with E-state index in [1.165, 1.54) is 6.07 Å². The molecular weight excluding hydrogens is 293 g/mol. The maximum Gasteiger partial charge on any atom is 0.246 e. The molecule has 0 N–H and O–H groups in total. The molecule has 1 heterocycles. The molecule has 0 aromatic heterocycles. The van der Waals surface area contributed by atoms with E-state index < -0.39 is 20.7 Å². The van der Waals surface area contributed by atoms with E-state index in [0.29, 0.717) is 19.4 Å². The van der Waals surface area contributed by atoms with Crippen molar-refractivity contribution >= 4 is 27.9 Å². The van der Waals surface area contributed by atoms with Gasteiger partial charge in [-0.05, 0) is 31.0 Å². The van der Waals surface area contributed by atoms with Crippen LogP contribution in [0.25, 0.3) is 0 Å². The maximum absolute atomic E-state index is 13.7. The van der Waals surface area contributed by atoms with Gasteiger partial charge in [-0.15, -0.1) is 0 Å². The van der Waals surface area contributed by atoms with Crippen molar-refractivity contribution in [2.24, 2.45) is 5.92 Å². The van der Waals surface area contributed by atoms with E-state index in [1.807, 2.05) is 0 Å². The molecule has 1 aliphatic heterocycles. The molecule has 1 fully saturated rings. The molecule has 0 saturated carbocycles. The highest BCUT2D eigenvalue weighted by Crippen LogP contribution is 2.26. The number of hydrogen-bond donors (Lipinski definition) is 0. The van der Waals surface area contributed by atoms with Crippen LogP contribution in [0.15, 0.2) is 23.1 Å². The average Bonchev–Trinajstić information content (AvgIpc) is 2.38. The Labute approximate surface area is 116 Å². The summed E-state index contributed by atoms with van der Waals surface area (Å²) in [7, 11) is -3.91. The van der Waals surface area contributed by atoms with Gasteiger partial charge in [0.05, 0.1) is 0 Å². The van der Waals surface area contributed by atoms with Crippen LogP contribution in [0.1, 0.15) is 12.8 Å². The number of rotatable bonds is 3. The van der Waals surface area contributed by atoms with Crippen molar-refractivity contribution in [1.82, 2.24) is 4.31 Å². The molecule has 1 aromatic rings. The molecule has 0 radical (unpaired) electrons. The smallest absolute Gasteiger partial charge is 0.246 e. The number of carbonyl (C=O) groups excluding carboxylic acids is 1. The first-order valence-electron chi connectivity index (χ1n) is 5.85. The van der Waals surface area contributed by atoms with Crippen molar-refractivity contribution < 1.29 is 17.6 Å². The lowest BCUT2D eigenvalue weighted by molar-refractivity contribution is -0.112. The Morgan fingerprint density at radius 3 is 2.79 bits per heavy atom. The van der Waals surface area contributed by atoms with Gasteiger partial charge >= 0.3 is 0 Å². The molecule has 0 aliphatic carbocycles. The summed E-state index contributed by atoms with van der Waals surface area (Å²) in [6.45, 7) is 0.405. The molecule has 104 valence electrons. The molecule has 2 rings (SSSR count). The van der Waals surface area contributed by atoms with Gasteiger partial charge in [0.25, 0.3) is 0 Å². The first-order chi connectivity index (χ1) is 8.95. The summed E-state index contributed by atoms with van der Waals surface area (Å²) in [5.74, 6) is -1.19. The van der Waals surface area contributed by atoms with Gasteiger partial charge in [0.15, 0.2) is 0 Å². The molecule has 0 amide bonds. The van der Waals surface area contributed by atoms with E-state index in [9.17, 15) is 17.6 Å². The Kier molecular flexibility index (Phi) is 4.23. The molecule has 1 atom stereocenters. The summed E-state index contributed by atoms with van der Waals surface area (Å²) in [5.41, 5.74) is 0. The molecule has 1 saturated heterocycles. The number of piperidine rings is 1. The van der Waals surface area contributed by atoms with Crippen molar-refractivity contribution in [3.05, 3.63) is 29.0 Å². The fourth-order valence-electron chi connectivity index (χ4n) is 2.13. The highest BCUT2D eigenvalue weighted by atomic mass is 35.5. The zero-order valence-corrected chi connectivity index (χ0v) is 11.6. The summed E-state index contributed by atoms with van der Waals surface area (Å²) >= 11 is 5.60. The largest absolute Gasteiger partial charge is 0.303 e. The molecular formula is C12H13ClFNO3S. The molecule has 0 bridgehead atoms. The van der Waals surface area contributed by atoms with Gasteiger partial charge in [-0.2, -0.15) is 4.31 Å². The quantitative estimate of drug-likeness (QED) is 0.803. The fraction of sp³-hybridized carbons (Fsp3) is 0.417. The molecule has 1 unspecified atom stereocenters. The standard InChI is InChI=1S/C12H13ClFNO3S/c13-10-3-4-12(11(14)6-10)19(17,18)15-5-1-2-9(7-15)8-16/h3-4,6,8-9H,1-2,5,7H2. The van der Waals surface area contributed by atoms with Crippen LogP contribution >= 0.6 is 11.6 Å². The number of sulfonamides is 1. The van der Waals surface area contributed by atoms with Gasteiger partial charge < -0.3 is 4.79 Å². The van der Waals surface area contributed by atoms with Gasteiger partial charge in [-0.25, -0.2) is 12.8 Å². The van der Waals surface area contributed by atoms with Gasteiger partial charge in [0.1, 0.15) is 17.0 Å². The topological polar surface area (TPSA) is 54.5 Å². The van der Waals surface area contributed by atoms with Crippen molar-refractivity contribution in [3.8, 4) is 0 Å². The number of nitrogens with zero attached hydrogens (tertiary/aromatic N) is 1. The lowest BCUT2D eigenvalue weighted by Crippen LogP contribution is -2.40. The van der Waals surface area contributed by atoms with Crippen molar-refractivity contribution in [2.45, 2.75) is 17.7 Å². The lowest BCUT2D eigenvalue weighted by atomic mass is 10.0. The molecule has 1 aromatic carbocycles. The Hall–Kier alpha value is -0.980. The molecule has 4 nitrogen and oxygen atoms in total. The molecule has 1 aliphatic rings. The van der Waals surface area contributed by atoms with E-state index in [-0.39, 0.29) is 17.5 Å². The molecule has 19 heavy (non-hydrogen) atoms. The predicted octanol–water partition coefficient (Wildman–Crippen LogP) is 2.08. The van der Waals surface area contributed by atoms with E-state index in [0.717, 1.165) is 22.7 Å². The van der Waals surface area contributed by atoms with Crippen LogP contribution in [0.5, 0.6) is 0 Å². The molecule has 7 heteroatoms. The number of hydrogen-bond acceptors (Lipinski definition) is 3. The van der Waals surface area contributed by atoms with Crippen LogP contribution in [0.3, 0.4) is 0 Å². The summed E-state index contributed by atoms with van der Waals surface area (Å²) in [6.07, 6.45) is 2.01. The minimum atomic E-state index is -3.91. The Morgan fingerprint density at radius 2 is 2.16 bits per heavy atom. The highest BCUT2D eigenvalue weighted by Gasteiger charge is 2.31. The van der Waals surface area contributed by atoms with Gasteiger partial charge in [-0.3, -0.25) is 0 Å². The minimum absolute atomic E-state index is 0.105. The SMILES string of the molecule is O=CC1CCCN(S(=O)(=O)c2ccc(Cl)cc2F)C1. The fourth-order valence-corrected chi connectivity index (χ4v) is 3.87. The lowest BCUT2D eigenvalue weighted by Gasteiger charge is -2.29. The summed E-state index contributed by atoms with van der Waals surface area (Å²) in [5, 5.41) is 0.140. The van der Waals surface area contributed by atoms with E-state index in [1.54, 1.807) is 0 Å². The normalized spacial score (nSPS) is 21.3. The second kappa shape index (κ2) is 5.56. The van der Waals surface area contributed by atoms with E-state index >= 15 is 0 Å². The van der Waals surface area contributed by atoms with Gasteiger partial charge in [0.2, 0.25) is 10.0 Å². The first-order valence-corrected chi connectivity index (χ1v) is 7.67. The van der Waals surface area contributed by atoms with Gasteiger partial charge in [0, 0.05) is 24.0 Å². The van der Waals surface area contributed by atoms with Gasteiger partial charge in [-0.1, -0.05) is 11.6 Å². The predicted molar refractivity (Wildman–Crippen MR) is 69.0 cm³/mol. The van der Waals surface area contributed by atoms with Crippen LogP contribution in [-0.4, -0.2) is 32.1 Å². The second-order valence-corrected chi connectivity index (χ2v) is 6.82. The zero-order chi connectivity index (χ0) is 14.0. The van der Waals surface area contributed by atoms with Crippen LogP contribution in [0.2, 0.25) is 5.02 Å². The average molecular weight is 306 g/mol. The minimum Gasteiger partial charge on any atom is -0.303 e. The monoisotopic (exact) mass is 305 g/mol. The van der Waals surface area contributed by atoms with Crippen molar-refractivity contribution in [1.29, 1.82) is 0 Å². The Balaban J connectivity index is 2.33. The Bertz CT molecular complexity index is 591. The van der Waals surface area contributed by atoms with Crippen molar-refractivity contribution in [3.63, 3.8) is 0 Å². The van der Waals surface area contributed by atoms with E-state index in [4.69, 9.17) is 11.6 Å². The third-order valence-electron chi connectivity index (χ3n) is 3.12. The summed E-state index contributed by atoms with van der Waals surface area (Å²) in [4.78, 5) is 10.4. The highest BCUT2D eigenvalue weighted by molar-refractivity contribution is 7.89. The first kappa shape index (κ1) is 14.4. The van der Waals surface area contributed by atoms with Crippen molar-refractivity contribution in [2.75, 3.05) is 13.1 Å². The summed E-state index contributed by atoms with van der Waals surface area (Å²) < 4.78 is 39.5. The number of aldehydes is 1. The number of benzene rings is 1. The second-order valence-electron chi connectivity index (χ2n) is 4.48.